The quantitative estimate of drug-likeness (QED) is 0.870. The summed E-state index contributed by atoms with van der Waals surface area (Å²) in [5, 5.41) is 3.41. The molecule has 0 saturated carbocycles. The summed E-state index contributed by atoms with van der Waals surface area (Å²) in [5.74, 6) is -0.738. The monoisotopic (exact) mass is 303 g/mol. The number of carbonyl (C=O) groups is 2. The lowest BCUT2D eigenvalue weighted by atomic mass is 9.93. The fourth-order valence-electron chi connectivity index (χ4n) is 1.44. The molecule has 0 bridgehead atoms. The molecule has 4 nitrogen and oxygen atoms in total. The topological polar surface area (TPSA) is 55.4 Å². The molecule has 0 aliphatic carbocycles. The predicted octanol–water partition coefficient (Wildman–Crippen LogP) is 2.92. The Bertz CT molecular complexity index is 480. The Morgan fingerprint density at radius 2 is 1.74 bits per heavy atom. The van der Waals surface area contributed by atoms with Crippen LogP contribution < -0.4 is 5.32 Å². The maximum Gasteiger partial charge on any atom is 0.313 e. The van der Waals surface area contributed by atoms with E-state index in [9.17, 15) is 9.59 Å². The van der Waals surface area contributed by atoms with E-state index < -0.39 is 11.4 Å². The third-order valence-corrected chi connectivity index (χ3v) is 2.99. The summed E-state index contributed by atoms with van der Waals surface area (Å²) >= 11 is 11.6. The Morgan fingerprint density at radius 1 is 1.21 bits per heavy atom. The summed E-state index contributed by atoms with van der Waals surface area (Å²) in [7, 11) is 1.31. The lowest BCUT2D eigenvalue weighted by molar-refractivity contribution is -0.150. The molecule has 0 aliphatic heterocycles. The second-order valence-electron chi connectivity index (χ2n) is 4.72. The summed E-state index contributed by atoms with van der Waals surface area (Å²) in [6.07, 6.45) is 0. The highest BCUT2D eigenvalue weighted by Gasteiger charge is 2.29. The van der Waals surface area contributed by atoms with Crippen LogP contribution >= 0.6 is 23.2 Å². The highest BCUT2D eigenvalue weighted by molar-refractivity contribution is 6.35. The molecular formula is C13H15Cl2NO3. The molecule has 1 amide bonds. The number of halogens is 2. The summed E-state index contributed by atoms with van der Waals surface area (Å²) in [6.45, 7) is 3.52. The maximum absolute atomic E-state index is 11.9. The summed E-state index contributed by atoms with van der Waals surface area (Å²) < 4.78 is 4.66. The van der Waals surface area contributed by atoms with Crippen molar-refractivity contribution in [1.29, 1.82) is 0 Å². The van der Waals surface area contributed by atoms with Gasteiger partial charge in [0.2, 0.25) is 0 Å². The second kappa shape index (κ2) is 6.26. The number of nitrogens with one attached hydrogen (secondary N) is 1. The van der Waals surface area contributed by atoms with Gasteiger partial charge in [-0.2, -0.15) is 0 Å². The second-order valence-corrected chi connectivity index (χ2v) is 5.59. The molecule has 0 aliphatic rings. The molecule has 0 aromatic heterocycles. The molecule has 0 heterocycles. The number of rotatable bonds is 4. The maximum atomic E-state index is 11.9. The molecule has 0 radical (unpaired) electrons. The van der Waals surface area contributed by atoms with E-state index in [4.69, 9.17) is 23.2 Å². The van der Waals surface area contributed by atoms with Crippen LogP contribution in [0, 0.1) is 5.41 Å². The van der Waals surface area contributed by atoms with Gasteiger partial charge in [0.05, 0.1) is 12.5 Å². The molecule has 19 heavy (non-hydrogen) atoms. The van der Waals surface area contributed by atoms with Crippen LogP contribution in [-0.4, -0.2) is 25.5 Å². The van der Waals surface area contributed by atoms with Crippen molar-refractivity contribution < 1.29 is 14.3 Å². The molecular weight excluding hydrogens is 289 g/mol. The standard InChI is InChI=1S/C13H15Cl2NO3/c1-13(2,12(18)19-3)7-16-11(17)8-4-9(14)6-10(15)5-8/h4-6H,7H2,1-3H3,(H,16,17). The van der Waals surface area contributed by atoms with Gasteiger partial charge in [-0.25, -0.2) is 0 Å². The first-order valence-electron chi connectivity index (χ1n) is 5.59. The highest BCUT2D eigenvalue weighted by Crippen LogP contribution is 2.20. The zero-order chi connectivity index (χ0) is 14.6. The molecule has 1 aromatic rings. The number of carbonyl (C=O) groups excluding carboxylic acids is 2. The molecule has 0 saturated heterocycles. The smallest absolute Gasteiger partial charge is 0.313 e. The Labute approximate surface area is 122 Å². The first kappa shape index (κ1) is 15.8. The van der Waals surface area contributed by atoms with Gasteiger partial charge in [0.25, 0.3) is 5.91 Å². The van der Waals surface area contributed by atoms with Crippen molar-refractivity contribution in [3.8, 4) is 0 Å². The molecule has 104 valence electrons. The van der Waals surface area contributed by atoms with E-state index in [2.05, 4.69) is 10.1 Å². The van der Waals surface area contributed by atoms with Gasteiger partial charge in [0.15, 0.2) is 0 Å². The Hall–Kier alpha value is -1.26. The summed E-state index contributed by atoms with van der Waals surface area (Å²) in [4.78, 5) is 23.4. The first-order chi connectivity index (χ1) is 8.76. The minimum Gasteiger partial charge on any atom is -0.469 e. The lowest BCUT2D eigenvalue weighted by Gasteiger charge is -2.21. The van der Waals surface area contributed by atoms with Crippen molar-refractivity contribution >= 4 is 35.1 Å². The fraction of sp³-hybridized carbons (Fsp3) is 0.385. The minimum atomic E-state index is -0.799. The average molecular weight is 304 g/mol. The van der Waals surface area contributed by atoms with Crippen LogP contribution in [0.3, 0.4) is 0 Å². The van der Waals surface area contributed by atoms with E-state index in [-0.39, 0.29) is 12.5 Å². The van der Waals surface area contributed by atoms with Crippen molar-refractivity contribution in [1.82, 2.24) is 5.32 Å². The number of amides is 1. The van der Waals surface area contributed by atoms with E-state index in [1.54, 1.807) is 13.8 Å². The molecule has 0 unspecified atom stereocenters. The Kier molecular flexibility index (Phi) is 5.20. The Morgan fingerprint density at radius 3 is 2.21 bits per heavy atom. The number of hydrogen-bond acceptors (Lipinski definition) is 3. The minimum absolute atomic E-state index is 0.155. The molecule has 0 spiro atoms. The van der Waals surface area contributed by atoms with Crippen LogP contribution in [-0.2, 0) is 9.53 Å². The van der Waals surface area contributed by atoms with Crippen LogP contribution in [0.25, 0.3) is 0 Å². The van der Waals surface area contributed by atoms with E-state index in [0.29, 0.717) is 15.6 Å². The third kappa shape index (κ3) is 4.40. The van der Waals surface area contributed by atoms with Crippen LogP contribution in [0.15, 0.2) is 18.2 Å². The van der Waals surface area contributed by atoms with Crippen LogP contribution in [0.1, 0.15) is 24.2 Å². The van der Waals surface area contributed by atoms with Gasteiger partial charge in [-0.15, -0.1) is 0 Å². The zero-order valence-electron chi connectivity index (χ0n) is 10.9. The third-order valence-electron chi connectivity index (χ3n) is 2.55. The van der Waals surface area contributed by atoms with Crippen LogP contribution in [0.4, 0.5) is 0 Å². The molecule has 1 N–H and O–H groups in total. The first-order valence-corrected chi connectivity index (χ1v) is 6.34. The number of benzene rings is 1. The van der Waals surface area contributed by atoms with Crippen LogP contribution in [0.2, 0.25) is 10.0 Å². The van der Waals surface area contributed by atoms with E-state index in [1.807, 2.05) is 0 Å². The van der Waals surface area contributed by atoms with Gasteiger partial charge in [-0.3, -0.25) is 9.59 Å². The zero-order valence-corrected chi connectivity index (χ0v) is 12.4. The number of ether oxygens (including phenoxy) is 1. The molecule has 0 fully saturated rings. The Balaban J connectivity index is 2.73. The SMILES string of the molecule is COC(=O)C(C)(C)CNC(=O)c1cc(Cl)cc(Cl)c1. The van der Waals surface area contributed by atoms with E-state index in [0.717, 1.165) is 0 Å². The van der Waals surface area contributed by atoms with E-state index >= 15 is 0 Å². The van der Waals surface area contributed by atoms with Gasteiger partial charge in [-0.05, 0) is 32.0 Å². The van der Waals surface area contributed by atoms with E-state index in [1.165, 1.54) is 25.3 Å². The average Bonchev–Trinajstić information content (AvgIpc) is 2.33. The lowest BCUT2D eigenvalue weighted by Crippen LogP contribution is -2.39. The summed E-state index contributed by atoms with van der Waals surface area (Å²) in [6, 6.07) is 4.56. The normalized spacial score (nSPS) is 11.0. The van der Waals surface area contributed by atoms with Crippen molar-refractivity contribution in [2.24, 2.45) is 5.41 Å². The molecule has 6 heteroatoms. The van der Waals surface area contributed by atoms with Gasteiger partial charge >= 0.3 is 5.97 Å². The van der Waals surface area contributed by atoms with Crippen molar-refractivity contribution in [2.45, 2.75) is 13.8 Å². The van der Waals surface area contributed by atoms with Gasteiger partial charge < -0.3 is 10.1 Å². The van der Waals surface area contributed by atoms with Crippen molar-refractivity contribution in [2.75, 3.05) is 13.7 Å². The van der Waals surface area contributed by atoms with Crippen molar-refractivity contribution in [3.05, 3.63) is 33.8 Å². The molecule has 1 aromatic carbocycles. The largest absolute Gasteiger partial charge is 0.469 e. The fourth-order valence-corrected chi connectivity index (χ4v) is 1.96. The number of hydrogen-bond donors (Lipinski definition) is 1. The molecule has 1 rings (SSSR count). The van der Waals surface area contributed by atoms with Gasteiger partial charge in [0.1, 0.15) is 0 Å². The number of methoxy groups -OCH3 is 1. The van der Waals surface area contributed by atoms with Gasteiger partial charge in [0, 0.05) is 22.2 Å². The van der Waals surface area contributed by atoms with Crippen LogP contribution in [0.5, 0.6) is 0 Å². The highest BCUT2D eigenvalue weighted by atomic mass is 35.5. The molecule has 0 atom stereocenters. The number of esters is 1. The predicted molar refractivity (Wildman–Crippen MR) is 74.6 cm³/mol. The van der Waals surface area contributed by atoms with Gasteiger partial charge in [-0.1, -0.05) is 23.2 Å². The summed E-state index contributed by atoms with van der Waals surface area (Å²) in [5.41, 5.74) is -0.453. The van der Waals surface area contributed by atoms with Crippen molar-refractivity contribution in [3.63, 3.8) is 0 Å².